The Morgan fingerprint density at radius 1 is 0.966 bits per heavy atom. The molecule has 2 nitrogen and oxygen atoms in total. The third kappa shape index (κ3) is 3.96. The van der Waals surface area contributed by atoms with Gasteiger partial charge in [-0.2, -0.15) is 0 Å². The van der Waals surface area contributed by atoms with E-state index in [0.717, 1.165) is 12.0 Å². The number of nitrogens with zero attached hydrogens (tertiary/aromatic N) is 1. The van der Waals surface area contributed by atoms with E-state index < -0.39 is 8.84 Å². The van der Waals surface area contributed by atoms with Crippen molar-refractivity contribution in [2.45, 2.75) is 38.8 Å². The molecular weight excluding hydrogens is 406 g/mol. The van der Waals surface area contributed by atoms with Gasteiger partial charge in [-0.05, 0) is 66.2 Å². The van der Waals surface area contributed by atoms with Crippen molar-refractivity contribution in [3.05, 3.63) is 89.0 Å². The fourth-order valence-electron chi connectivity index (χ4n) is 4.08. The molecule has 0 saturated heterocycles. The summed E-state index contributed by atoms with van der Waals surface area (Å²) in [5.74, 6) is 0. The minimum Gasteiger partial charge on any atom is -0.375 e. The average molecular weight is 433 g/mol. The van der Waals surface area contributed by atoms with Crippen LogP contribution < -0.4 is 0 Å². The van der Waals surface area contributed by atoms with Crippen molar-refractivity contribution in [3.8, 4) is 0 Å². The quantitative estimate of drug-likeness (QED) is 0.558. The van der Waals surface area contributed by atoms with Gasteiger partial charge in [0.25, 0.3) is 0 Å². The van der Waals surface area contributed by atoms with Gasteiger partial charge in [0.2, 0.25) is 0 Å². The van der Waals surface area contributed by atoms with Crippen molar-refractivity contribution < 1.29 is 26.2 Å². The molecule has 0 bridgehead atoms. The molecule has 0 heterocycles. The van der Waals surface area contributed by atoms with Crippen molar-refractivity contribution in [2.24, 2.45) is 0 Å². The molecule has 2 aromatic carbocycles. The zero-order chi connectivity index (χ0) is 20.1. The van der Waals surface area contributed by atoms with Gasteiger partial charge < -0.3 is 9.03 Å². The van der Waals surface area contributed by atoms with E-state index in [1.54, 1.807) is 0 Å². The fraction of sp³-hybridized carbons (Fsp3) is 0.280. The van der Waals surface area contributed by atoms with E-state index in [9.17, 15) is 4.46 Å². The smallest absolute Gasteiger partial charge is 0.375 e. The molecule has 2 aromatic rings. The van der Waals surface area contributed by atoms with E-state index >= 15 is 0 Å². The minimum absolute atomic E-state index is 0. The van der Waals surface area contributed by atoms with Gasteiger partial charge in [0.1, 0.15) is 0 Å². The summed E-state index contributed by atoms with van der Waals surface area (Å²) < 4.78 is 15.0. The first kappa shape index (κ1) is 21.9. The summed E-state index contributed by atoms with van der Waals surface area (Å²) in [6.07, 6.45) is 3.14. The molecule has 2 aliphatic carbocycles. The molecule has 0 amide bonds. The number of allylic oxidation sites excluding steroid dienone is 4. The van der Waals surface area contributed by atoms with Crippen LogP contribution in [0.15, 0.2) is 66.8 Å². The van der Waals surface area contributed by atoms with E-state index in [0.29, 0.717) is 6.04 Å². The van der Waals surface area contributed by atoms with Crippen LogP contribution in [0.4, 0.5) is 0 Å². The van der Waals surface area contributed by atoms with Crippen LogP contribution in [0.25, 0.3) is 16.7 Å². The van der Waals surface area contributed by atoms with Gasteiger partial charge in [-0.1, -0.05) is 66.8 Å². The Kier molecular flexibility index (Phi) is 6.14. The number of rotatable bonds is 3. The maximum atomic E-state index is 13.0. The van der Waals surface area contributed by atoms with Crippen LogP contribution in [0, 0.1) is 0 Å². The van der Waals surface area contributed by atoms with Gasteiger partial charge in [-0.25, -0.2) is 0 Å². The molecule has 0 fully saturated rings. The Labute approximate surface area is 190 Å². The Morgan fingerprint density at radius 3 is 2.07 bits per heavy atom. The molecular formula is C25H27NOSiTi+4. The standard InChI is InChI=1S/C25H27NOSi.Ti/c1-17-19-10-6-8-12-21(19)23-14-18(16-28(27)26(5)25(2,3)4)15-24(23)22-13-9-7-11-20(17)22;/h6-14H,1,15-16H2,2-5H3;/q;+4. The summed E-state index contributed by atoms with van der Waals surface area (Å²) in [6, 6.07) is 17.7. The zero-order valence-corrected chi connectivity index (χ0v) is 20.2. The normalized spacial score (nSPS) is 14.9. The van der Waals surface area contributed by atoms with Gasteiger partial charge in [0.05, 0.1) is 0 Å². The number of hydrogen-bond acceptors (Lipinski definition) is 1. The van der Waals surface area contributed by atoms with Crippen molar-refractivity contribution in [1.82, 2.24) is 4.57 Å². The first-order chi connectivity index (χ1) is 13.3. The van der Waals surface area contributed by atoms with Gasteiger partial charge in [0, 0.05) is 18.6 Å². The summed E-state index contributed by atoms with van der Waals surface area (Å²) >= 11 is 0. The monoisotopic (exact) mass is 433 g/mol. The van der Waals surface area contributed by atoms with Crippen molar-refractivity contribution in [1.29, 1.82) is 0 Å². The summed E-state index contributed by atoms with van der Waals surface area (Å²) in [6.45, 7) is 10.7. The zero-order valence-electron chi connectivity index (χ0n) is 17.7. The van der Waals surface area contributed by atoms with Crippen molar-refractivity contribution in [3.63, 3.8) is 0 Å². The average Bonchev–Trinajstić information content (AvgIpc) is 3.05. The molecule has 4 rings (SSSR count). The molecule has 0 aliphatic heterocycles. The largest absolute Gasteiger partial charge is 4.00 e. The van der Waals surface area contributed by atoms with Crippen LogP contribution in [-0.2, 0) is 26.2 Å². The second-order valence-corrected chi connectivity index (χ2v) is 10.6. The Bertz CT molecular complexity index is 1060. The van der Waals surface area contributed by atoms with Crippen LogP contribution in [-0.4, -0.2) is 26.0 Å². The molecule has 0 N–H and O–H groups in total. The molecule has 0 unspecified atom stereocenters. The molecule has 4 heteroatoms. The van der Waals surface area contributed by atoms with Gasteiger partial charge in [0.15, 0.2) is 0 Å². The van der Waals surface area contributed by atoms with Crippen LogP contribution >= 0.6 is 0 Å². The Hall–Kier alpha value is -1.81. The topological polar surface area (TPSA) is 20.3 Å². The van der Waals surface area contributed by atoms with Gasteiger partial charge in [-0.15, -0.1) is 0 Å². The second kappa shape index (κ2) is 8.14. The fourth-order valence-corrected chi connectivity index (χ4v) is 5.68. The molecule has 0 radical (unpaired) electrons. The Balaban J connectivity index is 0.00000240. The van der Waals surface area contributed by atoms with Gasteiger partial charge >= 0.3 is 30.6 Å². The molecule has 0 spiro atoms. The molecule has 0 saturated carbocycles. The summed E-state index contributed by atoms with van der Waals surface area (Å²) in [4.78, 5) is 0. The van der Waals surface area contributed by atoms with E-state index in [2.05, 4.69) is 82.0 Å². The third-order valence-corrected chi connectivity index (χ3v) is 8.13. The van der Waals surface area contributed by atoms with Crippen LogP contribution in [0.5, 0.6) is 0 Å². The van der Waals surface area contributed by atoms with E-state index in [1.807, 2.05) is 11.6 Å². The van der Waals surface area contributed by atoms with Crippen LogP contribution in [0.2, 0.25) is 6.04 Å². The van der Waals surface area contributed by atoms with Crippen molar-refractivity contribution >= 4 is 25.6 Å². The SMILES string of the molecule is C=C1c2ccccc2C2=C(CC(C[Si](=O)N(C)C(C)(C)C)=C2)c2ccccc21.[Ti+4]. The number of fused-ring (bicyclic) bond motifs is 4. The van der Waals surface area contributed by atoms with E-state index in [4.69, 9.17) is 0 Å². The van der Waals surface area contributed by atoms with Crippen molar-refractivity contribution in [2.75, 3.05) is 7.05 Å². The minimum atomic E-state index is -1.85. The summed E-state index contributed by atoms with van der Waals surface area (Å²) in [5.41, 5.74) is 9.75. The van der Waals surface area contributed by atoms with E-state index in [-0.39, 0.29) is 27.3 Å². The molecule has 0 aromatic heterocycles. The molecule has 29 heavy (non-hydrogen) atoms. The summed E-state index contributed by atoms with van der Waals surface area (Å²) in [7, 11) is 0.124. The second-order valence-electron chi connectivity index (χ2n) is 8.74. The predicted octanol–water partition coefficient (Wildman–Crippen LogP) is 5.95. The molecule has 142 valence electrons. The first-order valence-electron chi connectivity index (χ1n) is 9.85. The van der Waals surface area contributed by atoms with Crippen LogP contribution in [0.1, 0.15) is 49.4 Å². The maximum absolute atomic E-state index is 13.0. The third-order valence-electron chi connectivity index (χ3n) is 5.96. The van der Waals surface area contributed by atoms with E-state index in [1.165, 1.54) is 39.0 Å². The summed E-state index contributed by atoms with van der Waals surface area (Å²) in [5, 5.41) is 0. The van der Waals surface area contributed by atoms with Gasteiger partial charge in [-0.3, -0.25) is 0 Å². The van der Waals surface area contributed by atoms with Crippen LogP contribution in [0.3, 0.4) is 0 Å². The number of hydrogen-bond donors (Lipinski definition) is 0. The maximum Gasteiger partial charge on any atom is 4.00 e. The number of benzene rings is 2. The molecule has 2 aliphatic rings. The molecule has 0 atom stereocenters. The Morgan fingerprint density at radius 2 is 1.48 bits per heavy atom. The first-order valence-corrected chi connectivity index (χ1v) is 11.4. The predicted molar refractivity (Wildman–Crippen MR) is 119 cm³/mol.